The molecule has 0 atom stereocenters. The SMILES string of the molecule is O=C(O)O.Sc1ccccn1. The third-order valence-electron chi connectivity index (χ3n) is 0.649. The van der Waals surface area contributed by atoms with E-state index in [1.54, 1.807) is 6.20 Å². The maximum Gasteiger partial charge on any atom is 0.503 e. The van der Waals surface area contributed by atoms with Crippen LogP contribution >= 0.6 is 12.6 Å². The molecule has 2 N–H and O–H groups in total. The average Bonchev–Trinajstić information content (AvgIpc) is 1.87. The van der Waals surface area contributed by atoms with Crippen LogP contribution in [-0.2, 0) is 0 Å². The van der Waals surface area contributed by atoms with Gasteiger partial charge in [0.2, 0.25) is 0 Å². The van der Waals surface area contributed by atoms with Gasteiger partial charge in [0.1, 0.15) is 0 Å². The Morgan fingerprint density at radius 3 is 2.18 bits per heavy atom. The molecule has 11 heavy (non-hydrogen) atoms. The molecule has 1 rings (SSSR count). The van der Waals surface area contributed by atoms with Crippen molar-refractivity contribution in [2.24, 2.45) is 0 Å². The fraction of sp³-hybridized carbons (Fsp3) is 0. The molecular formula is C6H7NO3S. The second-order valence-corrected chi connectivity index (χ2v) is 1.93. The van der Waals surface area contributed by atoms with Crippen molar-refractivity contribution >= 4 is 18.8 Å². The van der Waals surface area contributed by atoms with E-state index in [2.05, 4.69) is 17.6 Å². The van der Waals surface area contributed by atoms with Gasteiger partial charge in [0, 0.05) is 6.20 Å². The van der Waals surface area contributed by atoms with Crippen molar-refractivity contribution in [3.8, 4) is 0 Å². The number of aromatic nitrogens is 1. The Labute approximate surface area is 68.9 Å². The zero-order chi connectivity index (χ0) is 8.69. The minimum absolute atomic E-state index is 0.766. The van der Waals surface area contributed by atoms with E-state index in [-0.39, 0.29) is 0 Å². The highest BCUT2D eigenvalue weighted by Crippen LogP contribution is 1.95. The van der Waals surface area contributed by atoms with Gasteiger partial charge in [-0.15, -0.1) is 12.6 Å². The first kappa shape index (κ1) is 9.77. The summed E-state index contributed by atoms with van der Waals surface area (Å²) >= 11 is 3.97. The third-order valence-corrected chi connectivity index (χ3v) is 0.914. The molecule has 1 heterocycles. The van der Waals surface area contributed by atoms with E-state index in [0.717, 1.165) is 5.03 Å². The summed E-state index contributed by atoms with van der Waals surface area (Å²) in [6, 6.07) is 5.60. The lowest BCUT2D eigenvalue weighted by Crippen LogP contribution is -1.81. The summed E-state index contributed by atoms with van der Waals surface area (Å²) in [7, 11) is 0. The van der Waals surface area contributed by atoms with Gasteiger partial charge in [0.15, 0.2) is 0 Å². The molecular weight excluding hydrogens is 166 g/mol. The number of hydrogen-bond acceptors (Lipinski definition) is 3. The molecule has 0 aliphatic rings. The Bertz CT molecular complexity index is 210. The van der Waals surface area contributed by atoms with Crippen molar-refractivity contribution in [1.29, 1.82) is 0 Å². The lowest BCUT2D eigenvalue weighted by molar-refractivity contribution is 0.137. The Balaban J connectivity index is 0.000000218. The summed E-state index contributed by atoms with van der Waals surface area (Å²) < 4.78 is 0. The smallest absolute Gasteiger partial charge is 0.450 e. The molecule has 0 aromatic carbocycles. The molecule has 0 unspecified atom stereocenters. The lowest BCUT2D eigenvalue weighted by Gasteiger charge is -1.81. The van der Waals surface area contributed by atoms with Crippen LogP contribution < -0.4 is 0 Å². The Morgan fingerprint density at radius 1 is 1.45 bits per heavy atom. The van der Waals surface area contributed by atoms with Crippen molar-refractivity contribution < 1.29 is 15.0 Å². The molecule has 0 saturated carbocycles. The molecule has 0 bridgehead atoms. The third kappa shape index (κ3) is 8.77. The first-order chi connectivity index (χ1) is 5.13. The van der Waals surface area contributed by atoms with Crippen LogP contribution in [0.1, 0.15) is 0 Å². The number of rotatable bonds is 0. The van der Waals surface area contributed by atoms with Crippen LogP contribution in [0.4, 0.5) is 4.79 Å². The van der Waals surface area contributed by atoms with Gasteiger partial charge in [0.05, 0.1) is 5.03 Å². The average molecular weight is 173 g/mol. The highest BCUT2D eigenvalue weighted by atomic mass is 32.1. The van der Waals surface area contributed by atoms with Crippen molar-refractivity contribution in [1.82, 2.24) is 4.98 Å². The number of hydrogen-bond donors (Lipinski definition) is 3. The molecule has 5 heteroatoms. The van der Waals surface area contributed by atoms with E-state index in [4.69, 9.17) is 15.0 Å². The van der Waals surface area contributed by atoms with Gasteiger partial charge in [-0.3, -0.25) is 4.98 Å². The fourth-order valence-corrected chi connectivity index (χ4v) is 0.506. The first-order valence-electron chi connectivity index (χ1n) is 2.65. The molecule has 60 valence electrons. The van der Waals surface area contributed by atoms with Crippen molar-refractivity contribution in [3.63, 3.8) is 0 Å². The van der Waals surface area contributed by atoms with Gasteiger partial charge < -0.3 is 10.2 Å². The molecule has 4 nitrogen and oxygen atoms in total. The minimum atomic E-state index is -1.83. The lowest BCUT2D eigenvalue weighted by atomic mass is 10.5. The molecule has 1 aromatic heterocycles. The summed E-state index contributed by atoms with van der Waals surface area (Å²) in [5.74, 6) is 0. The molecule has 0 radical (unpaired) electrons. The fourth-order valence-electron chi connectivity index (χ4n) is 0.354. The van der Waals surface area contributed by atoms with Crippen LogP contribution in [-0.4, -0.2) is 21.4 Å². The van der Waals surface area contributed by atoms with E-state index in [1.807, 2.05) is 18.2 Å². The van der Waals surface area contributed by atoms with Crippen molar-refractivity contribution in [2.45, 2.75) is 5.03 Å². The van der Waals surface area contributed by atoms with Gasteiger partial charge in [-0.2, -0.15) is 0 Å². The van der Waals surface area contributed by atoms with Gasteiger partial charge in [-0.05, 0) is 12.1 Å². The largest absolute Gasteiger partial charge is 0.503 e. The summed E-state index contributed by atoms with van der Waals surface area (Å²) in [5, 5.41) is 14.7. The van der Waals surface area contributed by atoms with E-state index in [9.17, 15) is 0 Å². The maximum absolute atomic E-state index is 8.56. The van der Waals surface area contributed by atoms with Crippen LogP contribution in [0.3, 0.4) is 0 Å². The molecule has 1 aromatic rings. The summed E-state index contributed by atoms with van der Waals surface area (Å²) in [6.45, 7) is 0. The normalized spacial score (nSPS) is 7.73. The Hall–Kier alpha value is -1.23. The zero-order valence-electron chi connectivity index (χ0n) is 5.51. The standard InChI is InChI=1S/C5H5NS.CH2O3/c7-5-3-1-2-4-6-5;2-1(3)4/h1-4H,(H,6,7);(H2,2,3,4). The number of nitrogens with zero attached hydrogens (tertiary/aromatic N) is 1. The zero-order valence-corrected chi connectivity index (χ0v) is 6.40. The number of pyridine rings is 1. The number of carboxylic acid groups (broad SMARTS) is 2. The molecule has 0 aliphatic heterocycles. The topological polar surface area (TPSA) is 70.4 Å². The predicted octanol–water partition coefficient (Wildman–Crippen LogP) is 1.59. The minimum Gasteiger partial charge on any atom is -0.450 e. The summed E-state index contributed by atoms with van der Waals surface area (Å²) in [5.41, 5.74) is 0. The molecule has 0 aliphatic carbocycles. The van der Waals surface area contributed by atoms with Crippen LogP contribution in [0.2, 0.25) is 0 Å². The Morgan fingerprint density at radius 2 is 2.00 bits per heavy atom. The van der Waals surface area contributed by atoms with E-state index in [1.165, 1.54) is 0 Å². The maximum atomic E-state index is 8.56. The van der Waals surface area contributed by atoms with Crippen molar-refractivity contribution in [2.75, 3.05) is 0 Å². The molecule has 0 spiro atoms. The molecule has 0 saturated heterocycles. The van der Waals surface area contributed by atoms with E-state index in [0.29, 0.717) is 0 Å². The Kier molecular flexibility index (Phi) is 4.93. The first-order valence-corrected chi connectivity index (χ1v) is 3.09. The second kappa shape index (κ2) is 5.55. The van der Waals surface area contributed by atoms with Crippen LogP contribution in [0.5, 0.6) is 0 Å². The summed E-state index contributed by atoms with van der Waals surface area (Å²) in [4.78, 5) is 12.4. The number of carbonyl (C=O) groups is 1. The van der Waals surface area contributed by atoms with Crippen LogP contribution in [0.15, 0.2) is 29.4 Å². The van der Waals surface area contributed by atoms with Gasteiger partial charge >= 0.3 is 6.16 Å². The van der Waals surface area contributed by atoms with Gasteiger partial charge in [0.25, 0.3) is 0 Å². The summed E-state index contributed by atoms with van der Waals surface area (Å²) in [6.07, 6.45) is -0.123. The second-order valence-electron chi connectivity index (χ2n) is 1.47. The van der Waals surface area contributed by atoms with E-state index >= 15 is 0 Å². The van der Waals surface area contributed by atoms with Crippen LogP contribution in [0.25, 0.3) is 0 Å². The van der Waals surface area contributed by atoms with Crippen molar-refractivity contribution in [3.05, 3.63) is 24.4 Å². The molecule has 0 amide bonds. The highest BCUT2D eigenvalue weighted by molar-refractivity contribution is 7.80. The van der Waals surface area contributed by atoms with Gasteiger partial charge in [-0.1, -0.05) is 6.07 Å². The van der Waals surface area contributed by atoms with E-state index < -0.39 is 6.16 Å². The van der Waals surface area contributed by atoms with Gasteiger partial charge in [-0.25, -0.2) is 4.79 Å². The predicted molar refractivity (Wildman–Crippen MR) is 42.1 cm³/mol. The quantitative estimate of drug-likeness (QED) is 0.521. The molecule has 0 fully saturated rings. The number of thiol groups is 1. The van der Waals surface area contributed by atoms with Crippen LogP contribution in [0, 0.1) is 0 Å². The highest BCUT2D eigenvalue weighted by Gasteiger charge is 1.74. The monoisotopic (exact) mass is 173 g/mol.